The van der Waals surface area contributed by atoms with Gasteiger partial charge in [-0.1, -0.05) is 95.0 Å². The van der Waals surface area contributed by atoms with Gasteiger partial charge in [0.05, 0.1) is 0 Å². The zero-order valence-corrected chi connectivity index (χ0v) is 21.0. The zero-order valence-electron chi connectivity index (χ0n) is 21.0. The Balaban J connectivity index is 0.000000499. The number of methoxy groups -OCH3 is 1. The van der Waals surface area contributed by atoms with E-state index in [-0.39, 0.29) is 30.6 Å². The van der Waals surface area contributed by atoms with Crippen molar-refractivity contribution in [1.29, 1.82) is 0 Å². The van der Waals surface area contributed by atoms with Crippen LogP contribution in [0.25, 0.3) is 5.57 Å². The molecule has 2 aliphatic carbocycles. The van der Waals surface area contributed by atoms with Gasteiger partial charge in [-0.2, -0.15) is 8.78 Å². The Morgan fingerprint density at radius 3 is 2.06 bits per heavy atom. The SMILES string of the molecule is C.CC.COC(F)(F)C1=CCC(c2ccc(C3=CCC(C)C=C3)cc2F)C=C1.Cc1ccccc1F. The van der Waals surface area contributed by atoms with Gasteiger partial charge in [0.1, 0.15) is 11.6 Å². The Morgan fingerprint density at radius 1 is 0.889 bits per heavy atom. The summed E-state index contributed by atoms with van der Waals surface area (Å²) in [6.45, 7) is 7.88. The van der Waals surface area contributed by atoms with Crippen molar-refractivity contribution in [2.75, 3.05) is 7.11 Å². The molecule has 0 aromatic heterocycles. The molecule has 2 atom stereocenters. The average molecular weight is 503 g/mol. The minimum Gasteiger partial charge on any atom is -0.320 e. The van der Waals surface area contributed by atoms with Gasteiger partial charge in [0.2, 0.25) is 0 Å². The number of allylic oxidation sites excluding steroid dienone is 6. The molecule has 1 nitrogen and oxygen atoms in total. The van der Waals surface area contributed by atoms with Gasteiger partial charge >= 0.3 is 6.11 Å². The molecule has 0 saturated carbocycles. The largest absolute Gasteiger partial charge is 0.382 e. The van der Waals surface area contributed by atoms with Crippen molar-refractivity contribution in [1.82, 2.24) is 0 Å². The summed E-state index contributed by atoms with van der Waals surface area (Å²) in [4.78, 5) is 0. The van der Waals surface area contributed by atoms with E-state index in [1.54, 1.807) is 31.2 Å². The highest BCUT2D eigenvalue weighted by Crippen LogP contribution is 2.35. The maximum absolute atomic E-state index is 14.6. The summed E-state index contributed by atoms with van der Waals surface area (Å²) in [5.41, 5.74) is 2.89. The van der Waals surface area contributed by atoms with Gasteiger partial charge in [-0.25, -0.2) is 8.78 Å². The third-order valence-electron chi connectivity index (χ3n) is 5.82. The van der Waals surface area contributed by atoms with Crippen LogP contribution in [0.15, 0.2) is 84.5 Å². The van der Waals surface area contributed by atoms with E-state index in [2.05, 4.69) is 23.8 Å². The van der Waals surface area contributed by atoms with Crippen molar-refractivity contribution >= 4 is 5.57 Å². The van der Waals surface area contributed by atoms with Gasteiger partial charge in [-0.3, -0.25) is 0 Å². The Kier molecular flexibility index (Phi) is 12.6. The molecule has 0 aliphatic heterocycles. The van der Waals surface area contributed by atoms with Crippen LogP contribution >= 0.6 is 0 Å². The molecular formula is C31H38F4O. The average Bonchev–Trinajstić information content (AvgIpc) is 2.88. The summed E-state index contributed by atoms with van der Waals surface area (Å²) in [6.07, 6.45) is 8.56. The first-order valence-corrected chi connectivity index (χ1v) is 11.9. The van der Waals surface area contributed by atoms with Gasteiger partial charge in [-0.15, -0.1) is 0 Å². The van der Waals surface area contributed by atoms with Crippen LogP contribution in [0, 0.1) is 24.5 Å². The highest BCUT2D eigenvalue weighted by atomic mass is 19.3. The highest BCUT2D eigenvalue weighted by Gasteiger charge is 2.34. The lowest BCUT2D eigenvalue weighted by Gasteiger charge is -2.22. The molecule has 0 heterocycles. The van der Waals surface area contributed by atoms with E-state index < -0.39 is 6.11 Å². The van der Waals surface area contributed by atoms with E-state index >= 15 is 0 Å². The standard InChI is InChI=1S/C21H21F3O.C7H7F.C2H6.CH4/c1-14-3-5-15(6-4-14)17-9-12-19(20(22)13-17)16-7-10-18(11-8-16)21(23,24)25-2;1-6-4-2-3-5-7(6)8;1-2;/h3,5-7,9-14,16H,4,8H2,1-2H3;2-5H,1H3;1-2H3;1H4. The third kappa shape index (κ3) is 8.34. The normalized spacial score (nSPS) is 18.5. The third-order valence-corrected chi connectivity index (χ3v) is 5.82. The van der Waals surface area contributed by atoms with E-state index in [1.807, 2.05) is 32.1 Å². The molecule has 2 aromatic carbocycles. The maximum Gasteiger partial charge on any atom is 0.382 e. The van der Waals surface area contributed by atoms with Gasteiger partial charge in [-0.05, 0) is 60.1 Å². The van der Waals surface area contributed by atoms with Crippen molar-refractivity contribution in [2.45, 2.75) is 60.0 Å². The molecule has 2 aliphatic rings. The van der Waals surface area contributed by atoms with Crippen molar-refractivity contribution in [3.63, 3.8) is 0 Å². The Bertz CT molecular complexity index is 1070. The Hall–Kier alpha value is -2.92. The number of rotatable bonds is 4. The first-order valence-electron chi connectivity index (χ1n) is 11.9. The molecule has 2 unspecified atom stereocenters. The molecule has 4 rings (SSSR count). The molecule has 0 N–H and O–H groups in total. The second kappa shape index (κ2) is 14.6. The predicted octanol–water partition coefficient (Wildman–Crippen LogP) is 9.81. The van der Waals surface area contributed by atoms with Crippen LogP contribution in [0.3, 0.4) is 0 Å². The summed E-state index contributed by atoms with van der Waals surface area (Å²) in [7, 11) is 0.967. The van der Waals surface area contributed by atoms with E-state index in [0.717, 1.165) is 24.7 Å². The monoisotopic (exact) mass is 502 g/mol. The van der Waals surface area contributed by atoms with Gasteiger partial charge in [0.15, 0.2) is 0 Å². The minimum atomic E-state index is -3.30. The topological polar surface area (TPSA) is 9.23 Å². The molecule has 0 radical (unpaired) electrons. The summed E-state index contributed by atoms with van der Waals surface area (Å²) in [5.74, 6) is -0.185. The molecule has 5 heteroatoms. The van der Waals surface area contributed by atoms with Gasteiger partial charge in [0.25, 0.3) is 0 Å². The zero-order chi connectivity index (χ0) is 26.0. The molecule has 0 spiro atoms. The number of aryl methyl sites for hydroxylation is 1. The van der Waals surface area contributed by atoms with E-state index in [1.165, 1.54) is 24.3 Å². The first kappa shape index (κ1) is 31.1. The van der Waals surface area contributed by atoms with Crippen LogP contribution < -0.4 is 0 Å². The summed E-state index contributed by atoms with van der Waals surface area (Å²) >= 11 is 0. The maximum atomic E-state index is 14.6. The lowest BCUT2D eigenvalue weighted by molar-refractivity contribution is -0.187. The predicted molar refractivity (Wildman–Crippen MR) is 143 cm³/mol. The molecule has 196 valence electrons. The lowest BCUT2D eigenvalue weighted by Crippen LogP contribution is -2.22. The van der Waals surface area contributed by atoms with E-state index in [9.17, 15) is 17.6 Å². The first-order chi connectivity index (χ1) is 16.7. The number of halogens is 4. The smallest absolute Gasteiger partial charge is 0.320 e. The highest BCUT2D eigenvalue weighted by molar-refractivity contribution is 5.75. The summed E-state index contributed by atoms with van der Waals surface area (Å²) in [6, 6.07) is 11.9. The number of alkyl halides is 2. The van der Waals surface area contributed by atoms with Crippen molar-refractivity contribution in [3.8, 4) is 0 Å². The second-order valence-electron chi connectivity index (χ2n) is 8.30. The van der Waals surface area contributed by atoms with E-state index in [4.69, 9.17) is 0 Å². The molecule has 0 fully saturated rings. The molecular weight excluding hydrogens is 464 g/mol. The number of benzene rings is 2. The number of ether oxygens (including phenoxy) is 1. The minimum absolute atomic E-state index is 0. The molecule has 36 heavy (non-hydrogen) atoms. The van der Waals surface area contributed by atoms with Crippen LogP contribution in [-0.2, 0) is 4.74 Å². The Morgan fingerprint density at radius 2 is 1.58 bits per heavy atom. The number of hydrogen-bond donors (Lipinski definition) is 0. The summed E-state index contributed by atoms with van der Waals surface area (Å²) in [5, 5.41) is 0. The van der Waals surface area contributed by atoms with Crippen LogP contribution in [0.2, 0.25) is 0 Å². The van der Waals surface area contributed by atoms with Gasteiger partial charge < -0.3 is 4.74 Å². The van der Waals surface area contributed by atoms with Crippen molar-refractivity contribution in [3.05, 3.63) is 113 Å². The van der Waals surface area contributed by atoms with Crippen LogP contribution in [0.4, 0.5) is 17.6 Å². The molecule has 0 saturated heterocycles. The van der Waals surface area contributed by atoms with E-state index in [0.29, 0.717) is 23.5 Å². The van der Waals surface area contributed by atoms with Crippen molar-refractivity contribution in [2.24, 2.45) is 5.92 Å². The van der Waals surface area contributed by atoms with Crippen LogP contribution in [-0.4, -0.2) is 13.2 Å². The second-order valence-corrected chi connectivity index (χ2v) is 8.30. The fourth-order valence-electron chi connectivity index (χ4n) is 3.68. The van der Waals surface area contributed by atoms with Crippen LogP contribution in [0.1, 0.15) is 63.6 Å². The van der Waals surface area contributed by atoms with Crippen LogP contribution in [0.5, 0.6) is 0 Å². The lowest BCUT2D eigenvalue weighted by atomic mass is 9.87. The summed E-state index contributed by atoms with van der Waals surface area (Å²) < 4.78 is 58.1. The Labute approximate surface area is 213 Å². The van der Waals surface area contributed by atoms with Crippen molar-refractivity contribution < 1.29 is 22.3 Å². The van der Waals surface area contributed by atoms with Gasteiger partial charge in [0, 0.05) is 18.6 Å². The molecule has 0 amide bonds. The molecule has 2 aromatic rings. The number of hydrogen-bond acceptors (Lipinski definition) is 1. The fourth-order valence-corrected chi connectivity index (χ4v) is 3.68. The quantitative estimate of drug-likeness (QED) is 0.378. The molecule has 0 bridgehead atoms. The fraction of sp³-hybridized carbons (Fsp3) is 0.355.